The number of thioether (sulfide) groups is 1. The molecule has 0 aromatic carbocycles. The molecule has 0 aromatic heterocycles. The van der Waals surface area contributed by atoms with Crippen LogP contribution in [0.3, 0.4) is 0 Å². The van der Waals surface area contributed by atoms with E-state index in [4.69, 9.17) is 5.73 Å². The minimum Gasteiger partial charge on any atom is -0.387 e. The van der Waals surface area contributed by atoms with Crippen LogP contribution in [0, 0.1) is 0 Å². The van der Waals surface area contributed by atoms with Gasteiger partial charge >= 0.3 is 0 Å². The van der Waals surface area contributed by atoms with E-state index in [9.17, 15) is 5.11 Å². The zero-order valence-corrected chi connectivity index (χ0v) is 8.08. The number of hydrogen-bond acceptors (Lipinski definition) is 3. The zero-order chi connectivity index (χ0) is 8.54. The summed E-state index contributed by atoms with van der Waals surface area (Å²) in [5, 5.41) is 10.1. The van der Waals surface area contributed by atoms with E-state index in [2.05, 4.69) is 0 Å². The molecule has 0 aliphatic carbocycles. The van der Waals surface area contributed by atoms with Crippen LogP contribution in [0.1, 0.15) is 26.7 Å². The Labute approximate surface area is 72.5 Å². The molecule has 2 unspecified atom stereocenters. The molecule has 11 heavy (non-hydrogen) atoms. The monoisotopic (exact) mass is 175 g/mol. The highest BCUT2D eigenvalue weighted by Crippen LogP contribution is 2.36. The molecule has 66 valence electrons. The van der Waals surface area contributed by atoms with Crippen molar-refractivity contribution in [3.8, 4) is 0 Å². The van der Waals surface area contributed by atoms with Crippen LogP contribution in [0.4, 0.5) is 0 Å². The molecule has 1 heterocycles. The van der Waals surface area contributed by atoms with Gasteiger partial charge in [0.25, 0.3) is 0 Å². The van der Waals surface area contributed by atoms with Gasteiger partial charge < -0.3 is 10.8 Å². The van der Waals surface area contributed by atoms with Crippen LogP contribution in [-0.4, -0.2) is 27.8 Å². The quantitative estimate of drug-likeness (QED) is 0.657. The summed E-state index contributed by atoms with van der Waals surface area (Å²) in [5.41, 5.74) is 4.97. The third-order valence-electron chi connectivity index (χ3n) is 2.80. The van der Waals surface area contributed by atoms with E-state index in [1.807, 2.05) is 13.8 Å². The minimum absolute atomic E-state index is 0.406. The maximum Gasteiger partial charge on any atom is 0.0921 e. The Morgan fingerprint density at radius 2 is 2.36 bits per heavy atom. The topological polar surface area (TPSA) is 46.2 Å². The van der Waals surface area contributed by atoms with Gasteiger partial charge in [-0.2, -0.15) is 11.8 Å². The Bertz CT molecular complexity index is 141. The van der Waals surface area contributed by atoms with Gasteiger partial charge in [-0.15, -0.1) is 0 Å². The molecular weight excluding hydrogens is 158 g/mol. The summed E-state index contributed by atoms with van der Waals surface area (Å²) in [7, 11) is 0. The van der Waals surface area contributed by atoms with Gasteiger partial charge in [0.1, 0.15) is 0 Å². The van der Waals surface area contributed by atoms with Crippen LogP contribution >= 0.6 is 11.8 Å². The van der Waals surface area contributed by atoms with Crippen molar-refractivity contribution in [2.45, 2.75) is 37.8 Å². The van der Waals surface area contributed by atoms with Crippen molar-refractivity contribution in [2.24, 2.45) is 5.73 Å². The molecule has 1 fully saturated rings. The van der Waals surface area contributed by atoms with Crippen LogP contribution in [-0.2, 0) is 0 Å². The van der Waals surface area contributed by atoms with Gasteiger partial charge in [-0.3, -0.25) is 0 Å². The van der Waals surface area contributed by atoms with Crippen LogP contribution in [0.15, 0.2) is 0 Å². The van der Waals surface area contributed by atoms with E-state index < -0.39 is 11.1 Å². The van der Waals surface area contributed by atoms with Gasteiger partial charge in [0, 0.05) is 11.3 Å². The Hall–Kier alpha value is 0.270. The summed E-state index contributed by atoms with van der Waals surface area (Å²) in [6.45, 7) is 3.97. The number of aliphatic hydroxyl groups is 1. The van der Waals surface area contributed by atoms with E-state index in [-0.39, 0.29) is 0 Å². The molecular formula is C8H17NOS. The van der Waals surface area contributed by atoms with Gasteiger partial charge in [0.15, 0.2) is 0 Å². The number of hydrogen-bond donors (Lipinski definition) is 2. The summed E-state index contributed by atoms with van der Waals surface area (Å²) in [4.78, 5) is 0. The average molecular weight is 175 g/mol. The van der Waals surface area contributed by atoms with Gasteiger partial charge in [0.2, 0.25) is 0 Å². The zero-order valence-electron chi connectivity index (χ0n) is 7.26. The number of nitrogens with two attached hydrogens (primary N) is 1. The van der Waals surface area contributed by atoms with Crippen LogP contribution < -0.4 is 5.73 Å². The largest absolute Gasteiger partial charge is 0.387 e. The standard InChI is InChI=1S/C8H17NOS/c1-3-7(2,9)8(10)4-5-11-6-8/h10H,3-6,9H2,1-2H3. The molecule has 1 aliphatic rings. The second-order valence-electron chi connectivity index (χ2n) is 3.61. The third-order valence-corrected chi connectivity index (χ3v) is 3.97. The first-order valence-electron chi connectivity index (χ1n) is 4.11. The Balaban J connectivity index is 2.69. The smallest absolute Gasteiger partial charge is 0.0921 e. The van der Waals surface area contributed by atoms with E-state index in [1.165, 1.54) is 0 Å². The lowest BCUT2D eigenvalue weighted by Crippen LogP contribution is -2.58. The first-order valence-corrected chi connectivity index (χ1v) is 5.26. The van der Waals surface area contributed by atoms with Gasteiger partial charge in [-0.05, 0) is 25.5 Å². The summed E-state index contributed by atoms with van der Waals surface area (Å²) in [5.74, 6) is 1.84. The van der Waals surface area contributed by atoms with Crippen molar-refractivity contribution in [2.75, 3.05) is 11.5 Å². The van der Waals surface area contributed by atoms with Crippen molar-refractivity contribution >= 4 is 11.8 Å². The molecule has 0 spiro atoms. The normalized spacial score (nSPS) is 37.1. The Morgan fingerprint density at radius 3 is 2.73 bits per heavy atom. The van der Waals surface area contributed by atoms with Crippen molar-refractivity contribution in [1.82, 2.24) is 0 Å². The van der Waals surface area contributed by atoms with E-state index in [0.717, 1.165) is 24.3 Å². The highest BCUT2D eigenvalue weighted by atomic mass is 32.2. The summed E-state index contributed by atoms with van der Waals surface area (Å²) >= 11 is 1.79. The van der Waals surface area contributed by atoms with Crippen LogP contribution in [0.25, 0.3) is 0 Å². The second kappa shape index (κ2) is 2.96. The van der Waals surface area contributed by atoms with Gasteiger partial charge in [0.05, 0.1) is 5.60 Å². The Morgan fingerprint density at radius 1 is 1.73 bits per heavy atom. The molecule has 3 heteroatoms. The SMILES string of the molecule is CCC(C)(N)C1(O)CCSC1. The summed E-state index contributed by atoms with van der Waals surface area (Å²) in [6, 6.07) is 0. The second-order valence-corrected chi connectivity index (χ2v) is 4.71. The van der Waals surface area contributed by atoms with Gasteiger partial charge in [-0.25, -0.2) is 0 Å². The molecule has 3 N–H and O–H groups in total. The average Bonchev–Trinajstić information content (AvgIpc) is 2.38. The fourth-order valence-corrected chi connectivity index (χ4v) is 2.77. The fraction of sp³-hybridized carbons (Fsp3) is 1.00. The number of rotatable bonds is 2. The maximum atomic E-state index is 10.1. The maximum absolute atomic E-state index is 10.1. The highest BCUT2D eigenvalue weighted by molar-refractivity contribution is 7.99. The minimum atomic E-state index is -0.619. The highest BCUT2D eigenvalue weighted by Gasteiger charge is 2.45. The van der Waals surface area contributed by atoms with E-state index in [1.54, 1.807) is 11.8 Å². The Kier molecular flexibility index (Phi) is 2.52. The molecule has 0 aromatic rings. The van der Waals surface area contributed by atoms with Crippen LogP contribution in [0.2, 0.25) is 0 Å². The molecule has 0 bridgehead atoms. The molecule has 1 saturated heterocycles. The summed E-state index contributed by atoms with van der Waals surface area (Å²) in [6.07, 6.45) is 1.68. The van der Waals surface area contributed by atoms with Crippen LogP contribution in [0.5, 0.6) is 0 Å². The van der Waals surface area contributed by atoms with Crippen molar-refractivity contribution in [3.05, 3.63) is 0 Å². The van der Waals surface area contributed by atoms with E-state index >= 15 is 0 Å². The molecule has 0 saturated carbocycles. The molecule has 2 atom stereocenters. The molecule has 1 rings (SSSR count). The predicted octanol–water partition coefficient (Wildman–Crippen LogP) is 0.982. The molecule has 2 nitrogen and oxygen atoms in total. The first kappa shape index (κ1) is 9.36. The van der Waals surface area contributed by atoms with Gasteiger partial charge in [-0.1, -0.05) is 6.92 Å². The molecule has 1 aliphatic heterocycles. The van der Waals surface area contributed by atoms with E-state index in [0.29, 0.717) is 0 Å². The first-order chi connectivity index (χ1) is 5.02. The molecule has 0 radical (unpaired) electrons. The van der Waals surface area contributed by atoms with Crippen molar-refractivity contribution < 1.29 is 5.11 Å². The third kappa shape index (κ3) is 1.55. The molecule has 0 amide bonds. The fourth-order valence-electron chi connectivity index (χ4n) is 1.33. The predicted molar refractivity (Wildman–Crippen MR) is 49.8 cm³/mol. The van der Waals surface area contributed by atoms with Crippen molar-refractivity contribution in [3.63, 3.8) is 0 Å². The summed E-state index contributed by atoms with van der Waals surface area (Å²) < 4.78 is 0. The lowest BCUT2D eigenvalue weighted by Gasteiger charge is -2.38. The lowest BCUT2D eigenvalue weighted by atomic mass is 9.79. The van der Waals surface area contributed by atoms with Crippen molar-refractivity contribution in [1.29, 1.82) is 0 Å². The lowest BCUT2D eigenvalue weighted by molar-refractivity contribution is -0.00610.